The molecule has 1 saturated heterocycles. The standard InChI is InChI=1S/C17H22N4O3/c1-2-13-5-3-4-8-19(13)15(22)11-21-16(23)12(9-18)10-20(17(21)24)14-6-7-14/h10,13-14H,2-8,11H2,1H3/t13-/m1/s1. The summed E-state index contributed by atoms with van der Waals surface area (Å²) in [6.45, 7) is 2.43. The van der Waals surface area contributed by atoms with E-state index in [1.54, 1.807) is 4.90 Å². The first-order valence-electron chi connectivity index (χ1n) is 8.62. The number of piperidine rings is 1. The maximum atomic E-state index is 12.7. The van der Waals surface area contributed by atoms with Crippen LogP contribution in [0.4, 0.5) is 0 Å². The SMILES string of the molecule is CC[C@@H]1CCCCN1C(=O)Cn1c(=O)c(C#N)cn(C2CC2)c1=O. The van der Waals surface area contributed by atoms with Crippen molar-refractivity contribution in [2.75, 3.05) is 6.54 Å². The van der Waals surface area contributed by atoms with Crippen molar-refractivity contribution in [3.05, 3.63) is 32.6 Å². The maximum Gasteiger partial charge on any atom is 0.331 e. The molecule has 1 aliphatic heterocycles. The lowest BCUT2D eigenvalue weighted by molar-refractivity contribution is -0.135. The largest absolute Gasteiger partial charge is 0.338 e. The zero-order chi connectivity index (χ0) is 17.3. The van der Waals surface area contributed by atoms with Crippen LogP contribution in [0.25, 0.3) is 0 Å². The number of nitriles is 1. The van der Waals surface area contributed by atoms with Gasteiger partial charge < -0.3 is 4.90 Å². The van der Waals surface area contributed by atoms with Gasteiger partial charge in [-0.25, -0.2) is 9.36 Å². The molecule has 0 unspecified atom stereocenters. The summed E-state index contributed by atoms with van der Waals surface area (Å²) in [5.74, 6) is -0.210. The molecule has 0 spiro atoms. The summed E-state index contributed by atoms with van der Waals surface area (Å²) in [5, 5.41) is 9.15. The number of aromatic nitrogens is 2. The molecular weight excluding hydrogens is 308 g/mol. The first-order chi connectivity index (χ1) is 11.6. The predicted octanol–water partition coefficient (Wildman–Crippen LogP) is 1.01. The number of rotatable bonds is 4. The molecule has 0 aromatic carbocycles. The van der Waals surface area contributed by atoms with Gasteiger partial charge >= 0.3 is 5.69 Å². The third kappa shape index (κ3) is 3.01. The molecule has 7 nitrogen and oxygen atoms in total. The monoisotopic (exact) mass is 330 g/mol. The van der Waals surface area contributed by atoms with Crippen LogP contribution in [0, 0.1) is 11.3 Å². The van der Waals surface area contributed by atoms with Gasteiger partial charge in [0.15, 0.2) is 0 Å². The van der Waals surface area contributed by atoms with Gasteiger partial charge in [-0.15, -0.1) is 0 Å². The summed E-state index contributed by atoms with van der Waals surface area (Å²) in [6, 6.07) is 2.06. The fraction of sp³-hybridized carbons (Fsp3) is 0.647. The maximum absolute atomic E-state index is 12.7. The van der Waals surface area contributed by atoms with Crippen molar-refractivity contribution in [2.45, 2.75) is 64.1 Å². The topological polar surface area (TPSA) is 88.1 Å². The summed E-state index contributed by atoms with van der Waals surface area (Å²) in [6.07, 6.45) is 6.93. The molecule has 0 bridgehead atoms. The van der Waals surface area contributed by atoms with Gasteiger partial charge in [0, 0.05) is 24.8 Å². The van der Waals surface area contributed by atoms with Crippen LogP contribution >= 0.6 is 0 Å². The fourth-order valence-corrected chi connectivity index (χ4v) is 3.43. The molecule has 0 radical (unpaired) electrons. The Hall–Kier alpha value is -2.36. The van der Waals surface area contributed by atoms with Gasteiger partial charge in [-0.3, -0.25) is 14.2 Å². The number of hydrogen-bond acceptors (Lipinski definition) is 4. The quantitative estimate of drug-likeness (QED) is 0.824. The molecule has 1 aromatic rings. The van der Waals surface area contributed by atoms with E-state index < -0.39 is 11.2 Å². The molecule has 1 aromatic heterocycles. The second kappa shape index (κ2) is 6.63. The van der Waals surface area contributed by atoms with E-state index in [1.807, 2.05) is 13.0 Å². The highest BCUT2D eigenvalue weighted by molar-refractivity contribution is 5.76. The zero-order valence-electron chi connectivity index (χ0n) is 13.9. The van der Waals surface area contributed by atoms with Crippen LogP contribution in [0.2, 0.25) is 0 Å². The number of carbonyl (C=O) groups is 1. The van der Waals surface area contributed by atoms with E-state index in [4.69, 9.17) is 5.26 Å². The van der Waals surface area contributed by atoms with Crippen LogP contribution in [0.1, 0.15) is 57.1 Å². The fourth-order valence-electron chi connectivity index (χ4n) is 3.43. The second-order valence-corrected chi connectivity index (χ2v) is 6.61. The lowest BCUT2D eigenvalue weighted by atomic mass is 10.00. The Bertz CT molecular complexity index is 798. The van der Waals surface area contributed by atoms with E-state index in [2.05, 4.69) is 0 Å². The molecular formula is C17H22N4O3. The molecule has 1 aliphatic carbocycles. The Labute approximate surface area is 140 Å². The van der Waals surface area contributed by atoms with Gasteiger partial charge in [0.05, 0.1) is 0 Å². The molecule has 2 aliphatic rings. The Kier molecular flexibility index (Phi) is 4.56. The molecule has 24 heavy (non-hydrogen) atoms. The van der Waals surface area contributed by atoms with Crippen molar-refractivity contribution in [3.8, 4) is 6.07 Å². The highest BCUT2D eigenvalue weighted by Gasteiger charge is 2.29. The smallest absolute Gasteiger partial charge is 0.331 e. The van der Waals surface area contributed by atoms with Crippen molar-refractivity contribution >= 4 is 5.91 Å². The minimum atomic E-state index is -0.669. The van der Waals surface area contributed by atoms with Crippen LogP contribution in [0.15, 0.2) is 15.8 Å². The van der Waals surface area contributed by atoms with E-state index in [0.29, 0.717) is 6.54 Å². The number of amides is 1. The number of likely N-dealkylation sites (tertiary alicyclic amines) is 1. The molecule has 7 heteroatoms. The molecule has 1 atom stereocenters. The predicted molar refractivity (Wildman–Crippen MR) is 87.6 cm³/mol. The minimum Gasteiger partial charge on any atom is -0.338 e. The molecule has 3 rings (SSSR count). The summed E-state index contributed by atoms with van der Waals surface area (Å²) >= 11 is 0. The van der Waals surface area contributed by atoms with Gasteiger partial charge in [0.1, 0.15) is 18.2 Å². The van der Waals surface area contributed by atoms with Crippen molar-refractivity contribution in [2.24, 2.45) is 0 Å². The Morgan fingerprint density at radius 1 is 1.29 bits per heavy atom. The van der Waals surface area contributed by atoms with Crippen molar-refractivity contribution in [1.29, 1.82) is 5.26 Å². The van der Waals surface area contributed by atoms with E-state index in [0.717, 1.165) is 43.1 Å². The Balaban J connectivity index is 1.93. The Morgan fingerprint density at radius 2 is 2.04 bits per heavy atom. The molecule has 1 saturated carbocycles. The van der Waals surface area contributed by atoms with Crippen molar-refractivity contribution in [1.82, 2.24) is 14.0 Å². The van der Waals surface area contributed by atoms with E-state index in [9.17, 15) is 14.4 Å². The van der Waals surface area contributed by atoms with E-state index >= 15 is 0 Å². The average molecular weight is 330 g/mol. The lowest BCUT2D eigenvalue weighted by Gasteiger charge is -2.35. The van der Waals surface area contributed by atoms with Crippen LogP contribution in [-0.2, 0) is 11.3 Å². The van der Waals surface area contributed by atoms with Crippen LogP contribution in [0.5, 0.6) is 0 Å². The van der Waals surface area contributed by atoms with Crippen LogP contribution in [-0.4, -0.2) is 32.5 Å². The second-order valence-electron chi connectivity index (χ2n) is 6.61. The summed E-state index contributed by atoms with van der Waals surface area (Å²) < 4.78 is 2.36. The number of carbonyl (C=O) groups excluding carboxylic acids is 1. The van der Waals surface area contributed by atoms with Gasteiger partial charge in [-0.1, -0.05) is 6.92 Å². The molecule has 128 valence electrons. The third-order valence-corrected chi connectivity index (χ3v) is 4.97. The summed E-state index contributed by atoms with van der Waals surface area (Å²) in [7, 11) is 0. The lowest BCUT2D eigenvalue weighted by Crippen LogP contribution is -2.49. The average Bonchev–Trinajstić information content (AvgIpc) is 3.43. The van der Waals surface area contributed by atoms with Gasteiger partial charge in [0.25, 0.3) is 5.56 Å². The Morgan fingerprint density at radius 3 is 2.67 bits per heavy atom. The van der Waals surface area contributed by atoms with Gasteiger partial charge in [0.2, 0.25) is 5.91 Å². The van der Waals surface area contributed by atoms with Gasteiger partial charge in [-0.05, 0) is 38.5 Å². The highest BCUT2D eigenvalue weighted by Crippen LogP contribution is 2.33. The highest BCUT2D eigenvalue weighted by atomic mass is 16.2. The zero-order valence-corrected chi connectivity index (χ0v) is 13.9. The van der Waals surface area contributed by atoms with Crippen molar-refractivity contribution in [3.63, 3.8) is 0 Å². The van der Waals surface area contributed by atoms with E-state index in [-0.39, 0.29) is 30.1 Å². The molecule has 2 fully saturated rings. The first kappa shape index (κ1) is 16.5. The van der Waals surface area contributed by atoms with Crippen LogP contribution in [0.3, 0.4) is 0 Å². The summed E-state index contributed by atoms with van der Waals surface area (Å²) in [5.41, 5.74) is -1.24. The minimum absolute atomic E-state index is 0.0462. The first-order valence-corrected chi connectivity index (χ1v) is 8.62. The van der Waals surface area contributed by atoms with Gasteiger partial charge in [-0.2, -0.15) is 5.26 Å². The summed E-state index contributed by atoms with van der Waals surface area (Å²) in [4.78, 5) is 39.4. The third-order valence-electron chi connectivity index (χ3n) is 4.97. The molecule has 1 amide bonds. The molecule has 0 N–H and O–H groups in total. The number of hydrogen-bond donors (Lipinski definition) is 0. The normalized spacial score (nSPS) is 20.7. The molecule has 2 heterocycles. The van der Waals surface area contributed by atoms with E-state index in [1.165, 1.54) is 10.8 Å². The number of nitrogens with zero attached hydrogens (tertiary/aromatic N) is 4. The van der Waals surface area contributed by atoms with Crippen LogP contribution < -0.4 is 11.2 Å². The van der Waals surface area contributed by atoms with Crippen molar-refractivity contribution < 1.29 is 4.79 Å².